The summed E-state index contributed by atoms with van der Waals surface area (Å²) in [7, 11) is 1.82. The van der Waals surface area contributed by atoms with Crippen LogP contribution in [0.25, 0.3) is 10.2 Å². The number of hydrogen-bond acceptors (Lipinski definition) is 4. The van der Waals surface area contributed by atoms with Gasteiger partial charge in [0, 0.05) is 18.8 Å². The van der Waals surface area contributed by atoms with Crippen LogP contribution in [0.4, 0.5) is 5.13 Å². The van der Waals surface area contributed by atoms with E-state index < -0.39 is 0 Å². The van der Waals surface area contributed by atoms with E-state index >= 15 is 0 Å². The lowest BCUT2D eigenvalue weighted by atomic mass is 10.2. The molecule has 0 aliphatic heterocycles. The predicted octanol–water partition coefficient (Wildman–Crippen LogP) is 4.19. The Morgan fingerprint density at radius 1 is 1.12 bits per heavy atom. The molecule has 0 bridgehead atoms. The van der Waals surface area contributed by atoms with Crippen LogP contribution in [0.3, 0.4) is 0 Å². The Morgan fingerprint density at radius 3 is 2.54 bits per heavy atom. The number of thiazole rings is 1. The minimum Gasteiger partial charge on any atom is -0.278 e. The van der Waals surface area contributed by atoms with Crippen LogP contribution in [0.1, 0.15) is 21.6 Å². The molecule has 4 rings (SSSR count). The lowest BCUT2D eigenvalue weighted by Gasteiger charge is -2.19. The number of amides is 1. The normalized spacial score (nSPS) is 11.0. The van der Waals surface area contributed by atoms with Gasteiger partial charge in [-0.3, -0.25) is 14.4 Å². The highest BCUT2D eigenvalue weighted by atomic mass is 32.1. The molecule has 6 heteroatoms. The van der Waals surface area contributed by atoms with Crippen LogP contribution in [0.15, 0.2) is 60.8 Å². The summed E-state index contributed by atoms with van der Waals surface area (Å²) in [5.74, 6) is -0.133. The number of aryl methyl sites for hydroxylation is 2. The zero-order valence-corrected chi connectivity index (χ0v) is 15.4. The van der Waals surface area contributed by atoms with Gasteiger partial charge in [0.25, 0.3) is 5.91 Å². The number of aromatic nitrogens is 3. The molecule has 0 saturated carbocycles. The van der Waals surface area contributed by atoms with Gasteiger partial charge in [0.15, 0.2) is 10.8 Å². The summed E-state index contributed by atoms with van der Waals surface area (Å²) < 4.78 is 2.73. The average molecular weight is 362 g/mol. The maximum Gasteiger partial charge on any atom is 0.281 e. The average Bonchev–Trinajstić information content (AvgIpc) is 3.22. The van der Waals surface area contributed by atoms with Gasteiger partial charge in [-0.25, -0.2) is 4.98 Å². The van der Waals surface area contributed by atoms with Crippen LogP contribution >= 0.6 is 11.3 Å². The van der Waals surface area contributed by atoms with Crippen LogP contribution in [0, 0.1) is 6.92 Å². The van der Waals surface area contributed by atoms with Crippen molar-refractivity contribution in [3.63, 3.8) is 0 Å². The molecule has 2 heterocycles. The Bertz CT molecular complexity index is 1030. The van der Waals surface area contributed by atoms with Gasteiger partial charge in [-0.05, 0) is 24.6 Å². The van der Waals surface area contributed by atoms with E-state index in [-0.39, 0.29) is 5.91 Å². The van der Waals surface area contributed by atoms with E-state index in [4.69, 9.17) is 0 Å². The summed E-state index contributed by atoms with van der Waals surface area (Å²) in [5.41, 5.74) is 3.27. The van der Waals surface area contributed by atoms with Crippen molar-refractivity contribution < 1.29 is 4.79 Å². The fourth-order valence-corrected chi connectivity index (χ4v) is 3.88. The SMILES string of the molecule is Cc1cn(C)nc1C(=O)N(Cc1ccccc1)c1nc2ccccc2s1. The molecule has 0 N–H and O–H groups in total. The van der Waals surface area contributed by atoms with Crippen molar-refractivity contribution in [1.82, 2.24) is 14.8 Å². The van der Waals surface area contributed by atoms with Crippen LogP contribution in [0.5, 0.6) is 0 Å². The molecular weight excluding hydrogens is 344 g/mol. The van der Waals surface area contributed by atoms with Crippen molar-refractivity contribution in [3.05, 3.63) is 77.6 Å². The molecule has 0 radical (unpaired) electrons. The lowest BCUT2D eigenvalue weighted by Crippen LogP contribution is -2.31. The number of para-hydroxylation sites is 1. The quantitative estimate of drug-likeness (QED) is 0.547. The van der Waals surface area contributed by atoms with E-state index in [9.17, 15) is 4.79 Å². The molecule has 1 amide bonds. The number of rotatable bonds is 4. The van der Waals surface area contributed by atoms with Gasteiger partial charge in [0.2, 0.25) is 0 Å². The second kappa shape index (κ2) is 6.72. The molecule has 0 fully saturated rings. The molecule has 0 aliphatic rings. The molecule has 0 unspecified atom stereocenters. The predicted molar refractivity (Wildman–Crippen MR) is 105 cm³/mol. The second-order valence-corrected chi connectivity index (χ2v) is 7.18. The molecule has 2 aromatic carbocycles. The third kappa shape index (κ3) is 3.11. The smallest absolute Gasteiger partial charge is 0.278 e. The monoisotopic (exact) mass is 362 g/mol. The minimum absolute atomic E-state index is 0.133. The van der Waals surface area contributed by atoms with Gasteiger partial charge in [-0.1, -0.05) is 53.8 Å². The zero-order valence-electron chi connectivity index (χ0n) is 14.6. The highest BCUT2D eigenvalue weighted by molar-refractivity contribution is 7.22. The molecule has 130 valence electrons. The molecule has 26 heavy (non-hydrogen) atoms. The molecule has 4 aromatic rings. The highest BCUT2D eigenvalue weighted by Crippen LogP contribution is 2.30. The Hall–Kier alpha value is -2.99. The molecular formula is C20H18N4OS. The number of nitrogens with zero attached hydrogens (tertiary/aromatic N) is 4. The summed E-state index contributed by atoms with van der Waals surface area (Å²) >= 11 is 1.52. The molecule has 0 aliphatic carbocycles. The first kappa shape index (κ1) is 16.5. The highest BCUT2D eigenvalue weighted by Gasteiger charge is 2.25. The Balaban J connectivity index is 1.78. The number of benzene rings is 2. The van der Waals surface area contributed by atoms with E-state index in [1.165, 1.54) is 11.3 Å². The first-order chi connectivity index (χ1) is 12.6. The van der Waals surface area contributed by atoms with Crippen molar-refractivity contribution in [2.45, 2.75) is 13.5 Å². The Morgan fingerprint density at radius 2 is 1.85 bits per heavy atom. The van der Waals surface area contributed by atoms with Crippen LogP contribution in [-0.2, 0) is 13.6 Å². The fourth-order valence-electron chi connectivity index (χ4n) is 2.91. The van der Waals surface area contributed by atoms with Gasteiger partial charge >= 0.3 is 0 Å². The standard InChI is InChI=1S/C20H18N4OS/c1-14-12-23(2)22-18(14)19(25)24(13-15-8-4-3-5-9-15)20-21-16-10-6-7-11-17(16)26-20/h3-12H,13H2,1-2H3. The first-order valence-corrected chi connectivity index (χ1v) is 9.15. The topological polar surface area (TPSA) is 51.0 Å². The Kier molecular flexibility index (Phi) is 4.26. The number of carbonyl (C=O) groups excluding carboxylic acids is 1. The van der Waals surface area contributed by atoms with E-state index in [0.717, 1.165) is 21.3 Å². The summed E-state index contributed by atoms with van der Waals surface area (Å²) in [6.45, 7) is 2.36. The summed E-state index contributed by atoms with van der Waals surface area (Å²) in [4.78, 5) is 19.7. The maximum atomic E-state index is 13.3. The fraction of sp³-hybridized carbons (Fsp3) is 0.150. The molecule has 0 spiro atoms. The molecule has 5 nitrogen and oxygen atoms in total. The van der Waals surface area contributed by atoms with E-state index in [1.54, 1.807) is 9.58 Å². The van der Waals surface area contributed by atoms with Gasteiger partial charge in [-0.15, -0.1) is 0 Å². The number of anilines is 1. The summed E-state index contributed by atoms with van der Waals surface area (Å²) in [6.07, 6.45) is 1.85. The van der Waals surface area contributed by atoms with Crippen molar-refractivity contribution in [3.8, 4) is 0 Å². The second-order valence-electron chi connectivity index (χ2n) is 6.18. The zero-order chi connectivity index (χ0) is 18.1. The van der Waals surface area contributed by atoms with Crippen molar-refractivity contribution in [1.29, 1.82) is 0 Å². The lowest BCUT2D eigenvalue weighted by molar-refractivity contribution is 0.0979. The summed E-state index contributed by atoms with van der Waals surface area (Å²) in [6, 6.07) is 17.9. The van der Waals surface area contributed by atoms with E-state index in [0.29, 0.717) is 17.4 Å². The van der Waals surface area contributed by atoms with E-state index in [2.05, 4.69) is 10.1 Å². The molecule has 0 atom stereocenters. The van der Waals surface area contributed by atoms with Gasteiger partial charge in [0.1, 0.15) is 0 Å². The first-order valence-electron chi connectivity index (χ1n) is 8.33. The van der Waals surface area contributed by atoms with Crippen LogP contribution < -0.4 is 4.90 Å². The third-order valence-corrected chi connectivity index (χ3v) is 5.22. The number of hydrogen-bond donors (Lipinski definition) is 0. The minimum atomic E-state index is -0.133. The summed E-state index contributed by atoms with van der Waals surface area (Å²) in [5, 5.41) is 5.04. The maximum absolute atomic E-state index is 13.3. The van der Waals surface area contributed by atoms with Crippen LogP contribution in [-0.4, -0.2) is 20.7 Å². The van der Waals surface area contributed by atoms with Crippen molar-refractivity contribution in [2.24, 2.45) is 7.05 Å². The van der Waals surface area contributed by atoms with Crippen molar-refractivity contribution in [2.75, 3.05) is 4.90 Å². The largest absolute Gasteiger partial charge is 0.281 e. The molecule has 2 aromatic heterocycles. The number of fused-ring (bicyclic) bond motifs is 1. The van der Waals surface area contributed by atoms with Gasteiger partial charge in [0.05, 0.1) is 16.8 Å². The van der Waals surface area contributed by atoms with Crippen LogP contribution in [0.2, 0.25) is 0 Å². The van der Waals surface area contributed by atoms with Crippen molar-refractivity contribution >= 4 is 32.6 Å². The van der Waals surface area contributed by atoms with Gasteiger partial charge in [-0.2, -0.15) is 5.10 Å². The van der Waals surface area contributed by atoms with Gasteiger partial charge < -0.3 is 0 Å². The molecule has 0 saturated heterocycles. The Labute approximate surface area is 155 Å². The number of carbonyl (C=O) groups is 1. The van der Waals surface area contributed by atoms with E-state index in [1.807, 2.05) is 74.8 Å². The third-order valence-electron chi connectivity index (χ3n) is 4.16.